The smallest absolute Gasteiger partial charge is 0.244 e. The number of sulfone groups is 1. The van der Waals surface area contributed by atoms with Gasteiger partial charge in [-0.25, -0.2) is 30.3 Å². The number of benzene rings is 2. The molecule has 3 aromatic rings. The van der Waals surface area contributed by atoms with E-state index in [0.29, 0.717) is 4.88 Å². The van der Waals surface area contributed by atoms with Gasteiger partial charge in [0.1, 0.15) is 27.5 Å². The first-order chi connectivity index (χ1) is 14.1. The number of hydrogen-bond donors (Lipinski definition) is 1. The minimum Gasteiger partial charge on any atom is -0.495 e. The van der Waals surface area contributed by atoms with Crippen molar-refractivity contribution in [3.05, 3.63) is 76.5 Å². The maximum Gasteiger partial charge on any atom is 0.244 e. The van der Waals surface area contributed by atoms with Crippen molar-refractivity contribution in [2.75, 3.05) is 13.7 Å². The number of ether oxygens (including phenoxy) is 1. The van der Waals surface area contributed by atoms with Crippen LogP contribution in [0.1, 0.15) is 10.1 Å². The molecule has 3 rings (SSSR count). The van der Waals surface area contributed by atoms with Gasteiger partial charge in [0.25, 0.3) is 0 Å². The fourth-order valence-corrected chi connectivity index (χ4v) is 6.87. The Labute approximate surface area is 177 Å². The van der Waals surface area contributed by atoms with Gasteiger partial charge in [0.2, 0.25) is 10.0 Å². The van der Waals surface area contributed by atoms with Gasteiger partial charge in [0.15, 0.2) is 9.84 Å². The molecule has 6 nitrogen and oxygen atoms in total. The molecule has 0 aliphatic carbocycles. The van der Waals surface area contributed by atoms with Crippen molar-refractivity contribution in [1.29, 1.82) is 0 Å². The normalized spacial score (nSPS) is 13.2. The molecule has 0 amide bonds. The second kappa shape index (κ2) is 8.80. The van der Waals surface area contributed by atoms with Crippen molar-refractivity contribution in [2.24, 2.45) is 0 Å². The van der Waals surface area contributed by atoms with Crippen LogP contribution in [0.25, 0.3) is 0 Å². The van der Waals surface area contributed by atoms with Gasteiger partial charge in [-0.3, -0.25) is 0 Å². The quantitative estimate of drug-likeness (QED) is 0.506. The molecule has 11 heteroatoms. The summed E-state index contributed by atoms with van der Waals surface area (Å²) >= 11 is 1.14. The number of thiophene rings is 1. The van der Waals surface area contributed by atoms with Crippen LogP contribution in [0.5, 0.6) is 5.75 Å². The van der Waals surface area contributed by atoms with Crippen LogP contribution in [0.4, 0.5) is 8.78 Å². The lowest BCUT2D eigenvalue weighted by atomic mass is 10.3. The van der Waals surface area contributed by atoms with E-state index < -0.39 is 48.2 Å². The second-order valence-electron chi connectivity index (χ2n) is 6.15. The molecule has 1 N–H and O–H groups in total. The van der Waals surface area contributed by atoms with Crippen LogP contribution < -0.4 is 9.46 Å². The van der Waals surface area contributed by atoms with Crippen molar-refractivity contribution in [1.82, 2.24) is 4.72 Å². The Balaban J connectivity index is 1.96. The summed E-state index contributed by atoms with van der Waals surface area (Å²) in [5.74, 6) is -1.47. The largest absolute Gasteiger partial charge is 0.495 e. The zero-order valence-electron chi connectivity index (χ0n) is 15.6. The number of halogens is 2. The lowest BCUT2D eigenvalue weighted by Crippen LogP contribution is -2.32. The number of methoxy groups -OCH3 is 1. The molecule has 0 saturated heterocycles. The predicted molar refractivity (Wildman–Crippen MR) is 109 cm³/mol. The van der Waals surface area contributed by atoms with E-state index in [4.69, 9.17) is 4.74 Å². The molecular weight excluding hydrogens is 456 g/mol. The molecule has 1 heterocycles. The SMILES string of the molecule is COc1ccc(F)cc1S(=O)(=O)NCC(c1cccs1)S(=O)(=O)c1ccc(F)cc1. The summed E-state index contributed by atoms with van der Waals surface area (Å²) in [6, 6.07) is 10.5. The maximum atomic E-state index is 13.6. The Kier molecular flexibility index (Phi) is 6.56. The molecule has 0 fully saturated rings. The highest BCUT2D eigenvalue weighted by Gasteiger charge is 2.32. The number of nitrogens with one attached hydrogen (secondary N) is 1. The molecule has 1 aromatic heterocycles. The lowest BCUT2D eigenvalue weighted by molar-refractivity contribution is 0.400. The van der Waals surface area contributed by atoms with Crippen LogP contribution in [0, 0.1) is 11.6 Å². The Hall–Kier alpha value is -2.34. The Bertz CT molecular complexity index is 1230. The molecular formula is C19H17F2NO5S3. The average molecular weight is 474 g/mol. The fraction of sp³-hybridized carbons (Fsp3) is 0.158. The van der Waals surface area contributed by atoms with Crippen LogP contribution >= 0.6 is 11.3 Å². The summed E-state index contributed by atoms with van der Waals surface area (Å²) in [6.07, 6.45) is 0. The van der Waals surface area contributed by atoms with Gasteiger partial charge in [0, 0.05) is 11.4 Å². The van der Waals surface area contributed by atoms with Crippen molar-refractivity contribution < 1.29 is 30.4 Å². The summed E-state index contributed by atoms with van der Waals surface area (Å²) in [5.41, 5.74) is 0. The monoisotopic (exact) mass is 473 g/mol. The number of sulfonamides is 1. The Morgan fingerprint density at radius 2 is 1.67 bits per heavy atom. The minimum atomic E-state index is -4.30. The van der Waals surface area contributed by atoms with E-state index in [2.05, 4.69) is 4.72 Å². The highest BCUT2D eigenvalue weighted by atomic mass is 32.2. The summed E-state index contributed by atoms with van der Waals surface area (Å²) < 4.78 is 85.8. The summed E-state index contributed by atoms with van der Waals surface area (Å²) in [5, 5.41) is 0.393. The molecule has 0 bridgehead atoms. The fourth-order valence-electron chi connectivity index (χ4n) is 2.75. The number of rotatable bonds is 8. The molecule has 2 aromatic carbocycles. The standard InChI is InChI=1S/C19H17F2NO5S3/c1-27-16-9-6-14(21)11-18(16)30(25,26)22-12-19(17-3-2-10-28-17)29(23,24)15-7-4-13(20)5-8-15/h2-11,19,22H,12H2,1H3. The first-order valence-corrected chi connectivity index (χ1v) is 12.4. The van der Waals surface area contributed by atoms with E-state index >= 15 is 0 Å². The Morgan fingerprint density at radius 1 is 1.00 bits per heavy atom. The van der Waals surface area contributed by atoms with Crippen LogP contribution in [0.2, 0.25) is 0 Å². The first-order valence-electron chi connectivity index (χ1n) is 8.51. The van der Waals surface area contributed by atoms with Crippen molar-refractivity contribution in [3.63, 3.8) is 0 Å². The second-order valence-corrected chi connectivity index (χ2v) is 11.0. The van der Waals surface area contributed by atoms with Gasteiger partial charge in [-0.2, -0.15) is 0 Å². The van der Waals surface area contributed by atoms with Gasteiger partial charge in [-0.1, -0.05) is 6.07 Å². The van der Waals surface area contributed by atoms with Gasteiger partial charge < -0.3 is 4.74 Å². The van der Waals surface area contributed by atoms with E-state index in [0.717, 1.165) is 53.8 Å². The third-order valence-corrected chi connectivity index (χ3v) is 8.93. The van der Waals surface area contributed by atoms with Gasteiger partial charge in [-0.05, 0) is 53.9 Å². The van der Waals surface area contributed by atoms with Crippen LogP contribution in [-0.2, 0) is 19.9 Å². The highest BCUT2D eigenvalue weighted by molar-refractivity contribution is 7.92. The molecule has 1 atom stereocenters. The predicted octanol–water partition coefficient (Wildman–Crippen LogP) is 3.53. The summed E-state index contributed by atoms with van der Waals surface area (Å²) in [6.45, 7) is -0.512. The van der Waals surface area contributed by atoms with E-state index in [1.54, 1.807) is 17.5 Å². The molecule has 1 unspecified atom stereocenters. The zero-order valence-corrected chi connectivity index (χ0v) is 18.0. The van der Waals surface area contributed by atoms with E-state index in [-0.39, 0.29) is 10.6 Å². The average Bonchev–Trinajstić information content (AvgIpc) is 3.22. The lowest BCUT2D eigenvalue weighted by Gasteiger charge is -2.18. The molecule has 0 aliphatic rings. The Morgan fingerprint density at radius 3 is 2.27 bits per heavy atom. The van der Waals surface area contributed by atoms with Crippen LogP contribution in [0.3, 0.4) is 0 Å². The molecule has 0 radical (unpaired) electrons. The van der Waals surface area contributed by atoms with Crippen molar-refractivity contribution >= 4 is 31.2 Å². The molecule has 0 spiro atoms. The van der Waals surface area contributed by atoms with Crippen LogP contribution in [-0.4, -0.2) is 30.5 Å². The van der Waals surface area contributed by atoms with E-state index in [1.807, 2.05) is 0 Å². The molecule has 0 saturated carbocycles. The van der Waals surface area contributed by atoms with Crippen molar-refractivity contribution in [3.8, 4) is 5.75 Å². The van der Waals surface area contributed by atoms with Gasteiger partial charge in [0.05, 0.1) is 12.0 Å². The molecule has 0 aliphatic heterocycles. The number of hydrogen-bond acceptors (Lipinski definition) is 6. The maximum absolute atomic E-state index is 13.6. The minimum absolute atomic E-state index is 0.0852. The summed E-state index contributed by atoms with van der Waals surface area (Å²) in [4.78, 5) is -0.202. The third-order valence-electron chi connectivity index (χ3n) is 4.25. The topological polar surface area (TPSA) is 89.5 Å². The first kappa shape index (κ1) is 22.3. The summed E-state index contributed by atoms with van der Waals surface area (Å²) in [7, 11) is -7.12. The molecule has 30 heavy (non-hydrogen) atoms. The van der Waals surface area contributed by atoms with Gasteiger partial charge in [-0.15, -0.1) is 11.3 Å². The zero-order chi connectivity index (χ0) is 21.9. The van der Waals surface area contributed by atoms with Gasteiger partial charge >= 0.3 is 0 Å². The van der Waals surface area contributed by atoms with E-state index in [1.165, 1.54) is 7.11 Å². The molecule has 160 valence electrons. The van der Waals surface area contributed by atoms with Crippen molar-refractivity contribution in [2.45, 2.75) is 15.0 Å². The highest BCUT2D eigenvalue weighted by Crippen LogP contribution is 2.32. The van der Waals surface area contributed by atoms with E-state index in [9.17, 15) is 25.6 Å². The third kappa shape index (κ3) is 4.69. The van der Waals surface area contributed by atoms with Crippen LogP contribution in [0.15, 0.2) is 69.8 Å².